The number of carbonyl (C=O) groups is 2. The van der Waals surface area contributed by atoms with Crippen LogP contribution >= 0.6 is 0 Å². The van der Waals surface area contributed by atoms with Gasteiger partial charge in [0, 0.05) is 47.3 Å². The molecule has 0 fully saturated rings. The number of rotatable bonds is 5. The molecule has 0 bridgehead atoms. The minimum absolute atomic E-state index is 0.250. The van der Waals surface area contributed by atoms with Crippen molar-refractivity contribution in [2.45, 2.75) is 19.1 Å². The lowest BCUT2D eigenvalue weighted by molar-refractivity contribution is 0.0279. The van der Waals surface area contributed by atoms with Gasteiger partial charge in [0.1, 0.15) is 0 Å². The molecule has 1 aliphatic heterocycles. The molecule has 0 saturated heterocycles. The maximum Gasteiger partial charge on any atom is 0.340 e. The van der Waals surface area contributed by atoms with Crippen LogP contribution in [0.3, 0.4) is 0 Å². The third-order valence-electron chi connectivity index (χ3n) is 6.07. The number of ether oxygens (including phenoxy) is 1. The highest BCUT2D eigenvalue weighted by atomic mass is 16.5. The van der Waals surface area contributed by atoms with Crippen LogP contribution in [0, 0.1) is 0 Å². The number of carbonyl (C=O) groups excluding carboxylic acids is 2. The second kappa shape index (κ2) is 8.96. The lowest BCUT2D eigenvalue weighted by Crippen LogP contribution is -2.30. The summed E-state index contributed by atoms with van der Waals surface area (Å²) in [6.07, 6.45) is -0.271. The van der Waals surface area contributed by atoms with Crippen LogP contribution < -0.4 is 0 Å². The summed E-state index contributed by atoms with van der Waals surface area (Å²) in [6.45, 7) is 1.49. The number of para-hydroxylation sites is 1. The van der Waals surface area contributed by atoms with E-state index in [1.165, 1.54) is 0 Å². The molecule has 4 aromatic rings. The summed E-state index contributed by atoms with van der Waals surface area (Å²) in [5, 5.41) is 0.746. The van der Waals surface area contributed by atoms with E-state index in [1.807, 2.05) is 67.7 Å². The molecule has 1 aliphatic rings. The fraction of sp³-hybridized carbons (Fsp3) is 0.179. The van der Waals surface area contributed by atoms with E-state index in [1.54, 1.807) is 24.3 Å². The number of pyridine rings is 1. The molecule has 0 amide bonds. The summed E-state index contributed by atoms with van der Waals surface area (Å²) in [7, 11) is 2.03. The van der Waals surface area contributed by atoms with Gasteiger partial charge in [0.05, 0.1) is 11.1 Å². The number of hydrogen-bond acceptors (Lipinski definition) is 5. The van der Waals surface area contributed by atoms with Crippen LogP contribution in [0.25, 0.3) is 10.9 Å². The smallest absolute Gasteiger partial charge is 0.340 e. The van der Waals surface area contributed by atoms with Gasteiger partial charge in [-0.3, -0.25) is 9.78 Å². The Kier molecular flexibility index (Phi) is 5.71. The molecule has 2 heterocycles. The highest BCUT2D eigenvalue weighted by Crippen LogP contribution is 2.31. The van der Waals surface area contributed by atoms with Crippen molar-refractivity contribution < 1.29 is 14.3 Å². The first-order chi connectivity index (χ1) is 16.1. The third-order valence-corrected chi connectivity index (χ3v) is 6.07. The number of Topliss-reactive ketones (excluding diaryl/α,β-unsaturated/α-hetero) is 1. The maximum atomic E-state index is 13.7. The van der Waals surface area contributed by atoms with Crippen molar-refractivity contribution in [3.8, 4) is 0 Å². The standard InChI is InChI=1S/C28H24N2O3/c1-30-17-16-24-22(18-30)25(21-14-8-9-15-23(21)29-24)28(32)33-27(20-12-6-3-7-13-20)26(31)19-10-4-2-5-11-19/h2-15,27H,16-18H2,1H3/t27-/m0/s1. The molecule has 1 atom stereocenters. The van der Waals surface area contributed by atoms with Crippen molar-refractivity contribution in [3.63, 3.8) is 0 Å². The fourth-order valence-corrected chi connectivity index (χ4v) is 4.38. The third kappa shape index (κ3) is 4.15. The highest BCUT2D eigenvalue weighted by Gasteiger charge is 2.30. The Morgan fingerprint density at radius 1 is 0.909 bits per heavy atom. The summed E-state index contributed by atoms with van der Waals surface area (Å²) in [4.78, 5) is 34.1. The van der Waals surface area contributed by atoms with Gasteiger partial charge in [-0.25, -0.2) is 4.79 Å². The van der Waals surface area contributed by atoms with Crippen molar-refractivity contribution in [3.05, 3.63) is 113 Å². The van der Waals surface area contributed by atoms with Gasteiger partial charge in [-0.1, -0.05) is 78.9 Å². The molecule has 0 spiro atoms. The van der Waals surface area contributed by atoms with E-state index in [2.05, 4.69) is 4.90 Å². The quantitative estimate of drug-likeness (QED) is 0.325. The first kappa shape index (κ1) is 21.0. The minimum Gasteiger partial charge on any atom is -0.445 e. The van der Waals surface area contributed by atoms with E-state index in [4.69, 9.17) is 9.72 Å². The predicted molar refractivity (Wildman–Crippen MR) is 127 cm³/mol. The number of hydrogen-bond donors (Lipinski definition) is 0. The van der Waals surface area contributed by atoms with Crippen molar-refractivity contribution >= 4 is 22.7 Å². The minimum atomic E-state index is -1.04. The van der Waals surface area contributed by atoms with Crippen LogP contribution in [0.1, 0.15) is 43.6 Å². The Morgan fingerprint density at radius 3 is 2.33 bits per heavy atom. The number of fused-ring (bicyclic) bond motifs is 2. The van der Waals surface area contributed by atoms with E-state index in [0.29, 0.717) is 23.2 Å². The van der Waals surface area contributed by atoms with Gasteiger partial charge < -0.3 is 9.64 Å². The van der Waals surface area contributed by atoms with E-state index >= 15 is 0 Å². The normalized spacial score (nSPS) is 14.5. The van der Waals surface area contributed by atoms with Gasteiger partial charge in [-0.15, -0.1) is 0 Å². The molecule has 5 nitrogen and oxygen atoms in total. The molecule has 5 rings (SSSR count). The Labute approximate surface area is 192 Å². The number of benzene rings is 3. The highest BCUT2D eigenvalue weighted by molar-refractivity contribution is 6.07. The average molecular weight is 437 g/mol. The molecule has 0 aliphatic carbocycles. The van der Waals surface area contributed by atoms with Crippen molar-refractivity contribution in [1.29, 1.82) is 0 Å². The first-order valence-corrected chi connectivity index (χ1v) is 11.1. The average Bonchev–Trinajstić information content (AvgIpc) is 2.86. The second-order valence-electron chi connectivity index (χ2n) is 8.34. The van der Waals surface area contributed by atoms with Crippen LogP contribution in [-0.4, -0.2) is 35.2 Å². The molecule has 5 heteroatoms. The number of esters is 1. The predicted octanol–water partition coefficient (Wildman–Crippen LogP) is 5.00. The van der Waals surface area contributed by atoms with Gasteiger partial charge in [-0.2, -0.15) is 0 Å². The van der Waals surface area contributed by atoms with E-state index in [-0.39, 0.29) is 5.78 Å². The summed E-state index contributed by atoms with van der Waals surface area (Å²) < 4.78 is 6.01. The number of ketones is 1. The molecule has 1 aromatic heterocycles. The number of likely N-dealkylation sites (N-methyl/N-ethyl adjacent to an activating group) is 1. The molecular formula is C28H24N2O3. The largest absolute Gasteiger partial charge is 0.445 e. The zero-order valence-corrected chi connectivity index (χ0v) is 18.4. The first-order valence-electron chi connectivity index (χ1n) is 11.1. The lowest BCUT2D eigenvalue weighted by Gasteiger charge is -2.27. The SMILES string of the molecule is CN1CCc2nc3ccccc3c(C(=O)O[C@H](C(=O)c3ccccc3)c3ccccc3)c2C1. The van der Waals surface area contributed by atoms with E-state index in [0.717, 1.165) is 35.1 Å². The fourth-order valence-electron chi connectivity index (χ4n) is 4.38. The molecule has 0 unspecified atom stereocenters. The Bertz CT molecular complexity index is 1320. The monoisotopic (exact) mass is 436 g/mol. The number of aromatic nitrogens is 1. The summed E-state index contributed by atoms with van der Waals surface area (Å²) in [6, 6.07) is 25.7. The summed E-state index contributed by atoms with van der Waals surface area (Å²) in [5.41, 5.74) is 4.21. The molecule has 0 saturated carbocycles. The molecule has 164 valence electrons. The van der Waals surface area contributed by atoms with Gasteiger partial charge in [0.2, 0.25) is 5.78 Å². The van der Waals surface area contributed by atoms with Crippen molar-refractivity contribution in [1.82, 2.24) is 9.88 Å². The lowest BCUT2D eigenvalue weighted by atomic mass is 9.95. The van der Waals surface area contributed by atoms with Gasteiger partial charge in [0.15, 0.2) is 6.10 Å². The van der Waals surface area contributed by atoms with Crippen LogP contribution in [0.15, 0.2) is 84.9 Å². The Balaban J connectivity index is 1.60. The molecule has 3 aromatic carbocycles. The van der Waals surface area contributed by atoms with Crippen LogP contribution in [0.4, 0.5) is 0 Å². The van der Waals surface area contributed by atoms with Crippen LogP contribution in [0.5, 0.6) is 0 Å². The Morgan fingerprint density at radius 2 is 1.58 bits per heavy atom. The molecule has 33 heavy (non-hydrogen) atoms. The molecule has 0 N–H and O–H groups in total. The van der Waals surface area contributed by atoms with Crippen molar-refractivity contribution in [2.24, 2.45) is 0 Å². The van der Waals surface area contributed by atoms with Gasteiger partial charge >= 0.3 is 5.97 Å². The maximum absolute atomic E-state index is 13.7. The van der Waals surface area contributed by atoms with Crippen LogP contribution in [-0.2, 0) is 17.7 Å². The molecular weight excluding hydrogens is 412 g/mol. The van der Waals surface area contributed by atoms with Gasteiger partial charge in [-0.05, 0) is 13.1 Å². The zero-order chi connectivity index (χ0) is 22.8. The van der Waals surface area contributed by atoms with E-state index in [9.17, 15) is 9.59 Å². The Hall–Kier alpha value is -3.83. The topological polar surface area (TPSA) is 59.5 Å². The molecule has 0 radical (unpaired) electrons. The second-order valence-corrected chi connectivity index (χ2v) is 8.34. The van der Waals surface area contributed by atoms with Crippen LogP contribution in [0.2, 0.25) is 0 Å². The van der Waals surface area contributed by atoms with E-state index < -0.39 is 12.1 Å². The van der Waals surface area contributed by atoms with Crippen molar-refractivity contribution in [2.75, 3.05) is 13.6 Å². The summed E-state index contributed by atoms with van der Waals surface area (Å²) in [5.74, 6) is -0.752. The number of nitrogens with zero attached hydrogens (tertiary/aromatic N) is 2. The summed E-state index contributed by atoms with van der Waals surface area (Å²) >= 11 is 0. The zero-order valence-electron chi connectivity index (χ0n) is 18.4. The van der Waals surface area contributed by atoms with Gasteiger partial charge in [0.25, 0.3) is 0 Å².